The van der Waals surface area contributed by atoms with Crippen molar-refractivity contribution in [3.05, 3.63) is 70.0 Å². The first-order valence-electron chi connectivity index (χ1n) is 10.3. The molecule has 1 saturated heterocycles. The van der Waals surface area contributed by atoms with Gasteiger partial charge in [0.15, 0.2) is 4.80 Å². The van der Waals surface area contributed by atoms with Crippen LogP contribution < -0.4 is 4.80 Å². The molecule has 1 fully saturated rings. The summed E-state index contributed by atoms with van der Waals surface area (Å²) in [6.45, 7) is 1.21. The SMILES string of the molecule is Cn1c(=NC(=O)c2cc(S(=O)(=O)N3CCOCC3)ccc2Cl)sc2c3ccccc3ccc21. The fourth-order valence-electron chi connectivity index (χ4n) is 3.88. The minimum absolute atomic E-state index is 0.0130. The number of carbonyl (C=O) groups is 1. The molecule has 2 heterocycles. The minimum Gasteiger partial charge on any atom is -0.379 e. The summed E-state index contributed by atoms with van der Waals surface area (Å²) >= 11 is 7.68. The van der Waals surface area contributed by atoms with Crippen LogP contribution in [0.1, 0.15) is 10.4 Å². The molecule has 1 amide bonds. The monoisotopic (exact) mass is 501 g/mol. The van der Waals surface area contributed by atoms with Gasteiger partial charge in [0.25, 0.3) is 5.91 Å². The number of aromatic nitrogens is 1. The number of rotatable bonds is 3. The zero-order chi connectivity index (χ0) is 23.2. The van der Waals surface area contributed by atoms with E-state index in [1.165, 1.54) is 33.8 Å². The lowest BCUT2D eigenvalue weighted by atomic mass is 10.1. The minimum atomic E-state index is -3.76. The second-order valence-corrected chi connectivity index (χ2v) is 11.0. The lowest BCUT2D eigenvalue weighted by Gasteiger charge is -2.26. The summed E-state index contributed by atoms with van der Waals surface area (Å²) in [7, 11) is -1.91. The first-order valence-corrected chi connectivity index (χ1v) is 12.9. The molecule has 0 bridgehead atoms. The largest absolute Gasteiger partial charge is 0.379 e. The Bertz CT molecular complexity index is 1570. The van der Waals surface area contributed by atoms with Crippen molar-refractivity contribution >= 4 is 59.9 Å². The molecule has 1 aliphatic heterocycles. The van der Waals surface area contributed by atoms with Gasteiger partial charge in [-0.15, -0.1) is 0 Å². The molecule has 170 valence electrons. The van der Waals surface area contributed by atoms with E-state index in [9.17, 15) is 13.2 Å². The van der Waals surface area contributed by atoms with Crippen LogP contribution in [0.25, 0.3) is 21.0 Å². The molecule has 5 rings (SSSR count). The number of nitrogens with zero attached hydrogens (tertiary/aromatic N) is 3. The number of hydrogen-bond acceptors (Lipinski definition) is 5. The number of hydrogen-bond donors (Lipinski definition) is 0. The summed E-state index contributed by atoms with van der Waals surface area (Å²) in [6.07, 6.45) is 0. The molecule has 10 heteroatoms. The lowest BCUT2D eigenvalue weighted by molar-refractivity contribution is 0.0730. The third-order valence-electron chi connectivity index (χ3n) is 5.67. The van der Waals surface area contributed by atoms with Crippen LogP contribution in [0.4, 0.5) is 0 Å². The van der Waals surface area contributed by atoms with Crippen LogP contribution in [-0.2, 0) is 21.8 Å². The maximum absolute atomic E-state index is 13.1. The van der Waals surface area contributed by atoms with E-state index >= 15 is 0 Å². The summed E-state index contributed by atoms with van der Waals surface area (Å²) in [6, 6.07) is 16.2. The van der Waals surface area contributed by atoms with Crippen molar-refractivity contribution in [1.82, 2.24) is 8.87 Å². The van der Waals surface area contributed by atoms with Gasteiger partial charge >= 0.3 is 0 Å². The van der Waals surface area contributed by atoms with Crippen molar-refractivity contribution in [3.8, 4) is 0 Å². The summed E-state index contributed by atoms with van der Waals surface area (Å²) in [5.41, 5.74) is 1.01. The van der Waals surface area contributed by atoms with Gasteiger partial charge in [-0.3, -0.25) is 4.79 Å². The Morgan fingerprint density at radius 2 is 1.85 bits per heavy atom. The van der Waals surface area contributed by atoms with Crippen molar-refractivity contribution in [3.63, 3.8) is 0 Å². The summed E-state index contributed by atoms with van der Waals surface area (Å²) in [5.74, 6) is -0.592. The topological polar surface area (TPSA) is 81.0 Å². The fourth-order valence-corrected chi connectivity index (χ4v) is 6.66. The molecule has 3 aromatic carbocycles. The van der Waals surface area contributed by atoms with E-state index in [0.29, 0.717) is 18.0 Å². The van der Waals surface area contributed by atoms with Gasteiger partial charge in [0.1, 0.15) is 0 Å². The Morgan fingerprint density at radius 1 is 1.09 bits per heavy atom. The zero-order valence-corrected chi connectivity index (χ0v) is 20.1. The van der Waals surface area contributed by atoms with E-state index < -0.39 is 15.9 Å². The van der Waals surface area contributed by atoms with E-state index in [0.717, 1.165) is 21.0 Å². The molecule has 0 saturated carbocycles. The lowest BCUT2D eigenvalue weighted by Crippen LogP contribution is -2.40. The van der Waals surface area contributed by atoms with Crippen LogP contribution in [0.3, 0.4) is 0 Å². The number of ether oxygens (including phenoxy) is 1. The molecule has 0 atom stereocenters. The number of thiazole rings is 1. The standard InChI is InChI=1S/C23H20ClN3O4S2/c1-26-20-9-6-15-4-2-3-5-17(15)21(20)32-23(26)25-22(28)18-14-16(7-8-19(18)24)33(29,30)27-10-12-31-13-11-27/h2-9,14H,10-13H2,1H3. The summed E-state index contributed by atoms with van der Waals surface area (Å²) in [4.78, 5) is 17.9. The molecule has 7 nitrogen and oxygen atoms in total. The van der Waals surface area contributed by atoms with Crippen LogP contribution in [0.2, 0.25) is 5.02 Å². The van der Waals surface area contributed by atoms with E-state index in [2.05, 4.69) is 4.99 Å². The maximum Gasteiger partial charge on any atom is 0.281 e. The van der Waals surface area contributed by atoms with Gasteiger partial charge in [0, 0.05) is 25.5 Å². The van der Waals surface area contributed by atoms with Gasteiger partial charge in [-0.25, -0.2) is 8.42 Å². The first-order chi connectivity index (χ1) is 15.9. The number of fused-ring (bicyclic) bond motifs is 3. The van der Waals surface area contributed by atoms with Crippen molar-refractivity contribution < 1.29 is 17.9 Å². The number of morpholine rings is 1. The third kappa shape index (κ3) is 4.00. The Hall–Kier alpha value is -2.56. The Kier molecular flexibility index (Phi) is 5.84. The van der Waals surface area contributed by atoms with Gasteiger partial charge in [0.05, 0.1) is 38.9 Å². The predicted molar refractivity (Wildman–Crippen MR) is 129 cm³/mol. The number of halogens is 1. The average molecular weight is 502 g/mol. The molecule has 0 aliphatic carbocycles. The van der Waals surface area contributed by atoms with Gasteiger partial charge in [0.2, 0.25) is 10.0 Å². The highest BCUT2D eigenvalue weighted by Gasteiger charge is 2.27. The first kappa shape index (κ1) is 22.2. The van der Waals surface area contributed by atoms with E-state index in [-0.39, 0.29) is 28.6 Å². The predicted octanol–water partition coefficient (Wildman–Crippen LogP) is 3.81. The number of aryl methyl sites for hydroxylation is 1. The van der Waals surface area contributed by atoms with Crippen molar-refractivity contribution in [2.45, 2.75) is 4.90 Å². The van der Waals surface area contributed by atoms with Crippen LogP contribution in [-0.4, -0.2) is 49.5 Å². The molecule has 0 radical (unpaired) electrons. The molecular formula is C23H20ClN3O4S2. The average Bonchev–Trinajstić information content (AvgIpc) is 3.15. The van der Waals surface area contributed by atoms with E-state index in [1.807, 2.05) is 48.0 Å². The van der Waals surface area contributed by atoms with Crippen LogP contribution in [0, 0.1) is 0 Å². The van der Waals surface area contributed by atoms with E-state index in [1.54, 1.807) is 0 Å². The molecular weight excluding hydrogens is 482 g/mol. The van der Waals surface area contributed by atoms with Gasteiger partial charge < -0.3 is 9.30 Å². The Labute approximate surface area is 199 Å². The van der Waals surface area contributed by atoms with Gasteiger partial charge in [-0.2, -0.15) is 9.30 Å². The smallest absolute Gasteiger partial charge is 0.281 e. The molecule has 1 aliphatic rings. The highest BCUT2D eigenvalue weighted by atomic mass is 35.5. The number of carbonyl (C=O) groups excluding carboxylic acids is 1. The Morgan fingerprint density at radius 3 is 2.64 bits per heavy atom. The van der Waals surface area contributed by atoms with Gasteiger partial charge in [-0.1, -0.05) is 53.3 Å². The van der Waals surface area contributed by atoms with Crippen LogP contribution in [0.5, 0.6) is 0 Å². The molecule has 4 aromatic rings. The zero-order valence-electron chi connectivity index (χ0n) is 17.7. The van der Waals surface area contributed by atoms with Crippen LogP contribution in [0.15, 0.2) is 64.5 Å². The highest BCUT2D eigenvalue weighted by Crippen LogP contribution is 2.28. The second kappa shape index (κ2) is 8.66. The molecule has 0 spiro atoms. The molecule has 33 heavy (non-hydrogen) atoms. The molecule has 0 unspecified atom stereocenters. The number of sulfonamides is 1. The normalized spacial score (nSPS) is 16.0. The quantitative estimate of drug-likeness (QED) is 0.427. The molecule has 0 N–H and O–H groups in total. The number of amides is 1. The fraction of sp³-hybridized carbons (Fsp3) is 0.217. The van der Waals surface area contributed by atoms with Crippen molar-refractivity contribution in [1.29, 1.82) is 0 Å². The number of benzene rings is 3. The van der Waals surface area contributed by atoms with Gasteiger partial charge in [-0.05, 0) is 29.7 Å². The Balaban J connectivity index is 1.58. The summed E-state index contributed by atoms with van der Waals surface area (Å²) in [5, 5.41) is 2.34. The van der Waals surface area contributed by atoms with Crippen LogP contribution >= 0.6 is 22.9 Å². The second-order valence-electron chi connectivity index (χ2n) is 7.65. The van der Waals surface area contributed by atoms with E-state index in [4.69, 9.17) is 16.3 Å². The van der Waals surface area contributed by atoms with Crippen molar-refractivity contribution in [2.24, 2.45) is 12.0 Å². The molecule has 1 aromatic heterocycles. The van der Waals surface area contributed by atoms with Crippen molar-refractivity contribution in [2.75, 3.05) is 26.3 Å². The highest BCUT2D eigenvalue weighted by molar-refractivity contribution is 7.89. The maximum atomic E-state index is 13.1. The summed E-state index contributed by atoms with van der Waals surface area (Å²) < 4.78 is 35.5. The third-order valence-corrected chi connectivity index (χ3v) is 9.08.